The van der Waals surface area contributed by atoms with Crippen molar-refractivity contribution in [2.45, 2.75) is 39.5 Å². The Morgan fingerprint density at radius 1 is 1.29 bits per heavy atom. The third-order valence-electron chi connectivity index (χ3n) is 4.37. The second-order valence-electron chi connectivity index (χ2n) is 6.17. The Morgan fingerprint density at radius 2 is 2.00 bits per heavy atom. The predicted octanol–water partition coefficient (Wildman–Crippen LogP) is 3.26. The smallest absolute Gasteiger partial charge is 0.251 e. The highest BCUT2D eigenvalue weighted by atomic mass is 16.1. The summed E-state index contributed by atoms with van der Waals surface area (Å²) in [6.45, 7) is 5.83. The normalized spacial score (nSPS) is 21.8. The molecule has 2 rings (SSSR count). The first-order chi connectivity index (χ1) is 10.1. The van der Waals surface area contributed by atoms with Crippen molar-refractivity contribution >= 4 is 17.3 Å². The summed E-state index contributed by atoms with van der Waals surface area (Å²) in [6, 6.07) is 5.48. The summed E-state index contributed by atoms with van der Waals surface area (Å²) >= 11 is 0. The highest BCUT2D eigenvalue weighted by molar-refractivity contribution is 5.96. The Morgan fingerprint density at radius 3 is 2.62 bits per heavy atom. The van der Waals surface area contributed by atoms with Gasteiger partial charge in [-0.05, 0) is 49.8 Å². The maximum absolute atomic E-state index is 11.8. The van der Waals surface area contributed by atoms with Gasteiger partial charge in [-0.3, -0.25) is 4.79 Å². The summed E-state index contributed by atoms with van der Waals surface area (Å²) in [6.07, 6.45) is 5.26. The second kappa shape index (κ2) is 7.34. The van der Waals surface area contributed by atoms with Gasteiger partial charge < -0.3 is 16.4 Å². The molecule has 1 aromatic carbocycles. The minimum Gasteiger partial charge on any atom is -0.397 e. The average molecular weight is 289 g/mol. The first kappa shape index (κ1) is 15.7. The number of amides is 1. The van der Waals surface area contributed by atoms with Gasteiger partial charge in [0, 0.05) is 18.7 Å². The topological polar surface area (TPSA) is 67.2 Å². The number of nitrogens with two attached hydrogens (primary N) is 1. The van der Waals surface area contributed by atoms with Crippen LogP contribution >= 0.6 is 0 Å². The molecule has 1 aliphatic carbocycles. The number of anilines is 2. The van der Waals surface area contributed by atoms with Gasteiger partial charge in [-0.25, -0.2) is 0 Å². The van der Waals surface area contributed by atoms with Crippen LogP contribution in [0.5, 0.6) is 0 Å². The van der Waals surface area contributed by atoms with E-state index in [1.54, 1.807) is 6.07 Å². The zero-order valence-electron chi connectivity index (χ0n) is 13.1. The Labute approximate surface area is 127 Å². The lowest BCUT2D eigenvalue weighted by Crippen LogP contribution is -2.23. The third-order valence-corrected chi connectivity index (χ3v) is 4.37. The van der Waals surface area contributed by atoms with Gasteiger partial charge in [0.2, 0.25) is 0 Å². The lowest BCUT2D eigenvalue weighted by molar-refractivity contribution is 0.0956. The van der Waals surface area contributed by atoms with Crippen LogP contribution in [-0.2, 0) is 0 Å². The second-order valence-corrected chi connectivity index (χ2v) is 6.17. The number of carbonyl (C=O) groups excluding carboxylic acids is 1. The summed E-state index contributed by atoms with van der Waals surface area (Å²) in [5.74, 6) is 1.54. The summed E-state index contributed by atoms with van der Waals surface area (Å²) in [4.78, 5) is 11.8. The molecule has 0 aromatic heterocycles. The van der Waals surface area contributed by atoms with Crippen molar-refractivity contribution in [2.75, 3.05) is 24.1 Å². The van der Waals surface area contributed by atoms with E-state index in [0.717, 1.165) is 24.1 Å². The molecule has 1 amide bonds. The van der Waals surface area contributed by atoms with Gasteiger partial charge in [-0.1, -0.05) is 19.8 Å². The predicted molar refractivity (Wildman–Crippen MR) is 88.5 cm³/mol. The third kappa shape index (κ3) is 4.38. The monoisotopic (exact) mass is 289 g/mol. The first-order valence-corrected chi connectivity index (χ1v) is 8.01. The van der Waals surface area contributed by atoms with E-state index in [9.17, 15) is 4.79 Å². The lowest BCUT2D eigenvalue weighted by atomic mass is 9.83. The molecule has 116 valence electrons. The van der Waals surface area contributed by atoms with Crippen LogP contribution in [0.2, 0.25) is 0 Å². The van der Waals surface area contributed by atoms with E-state index in [0.29, 0.717) is 17.8 Å². The SMILES string of the molecule is CCNC(=O)c1ccc(NCC2CCC(C)CC2)c(N)c1. The maximum atomic E-state index is 11.8. The van der Waals surface area contributed by atoms with Crippen LogP contribution in [0.3, 0.4) is 0 Å². The molecule has 0 atom stereocenters. The minimum absolute atomic E-state index is 0.0722. The van der Waals surface area contributed by atoms with Crippen molar-refractivity contribution in [3.8, 4) is 0 Å². The van der Waals surface area contributed by atoms with Gasteiger partial charge in [0.15, 0.2) is 0 Å². The van der Waals surface area contributed by atoms with Crippen LogP contribution in [0.4, 0.5) is 11.4 Å². The molecule has 0 unspecified atom stereocenters. The molecule has 1 aromatic rings. The summed E-state index contributed by atoms with van der Waals surface area (Å²) in [5, 5.41) is 6.22. The molecule has 1 fully saturated rings. The lowest BCUT2D eigenvalue weighted by Gasteiger charge is -2.26. The number of nitrogen functional groups attached to an aromatic ring is 1. The Hall–Kier alpha value is -1.71. The van der Waals surface area contributed by atoms with Crippen molar-refractivity contribution in [1.29, 1.82) is 0 Å². The Kier molecular flexibility index (Phi) is 5.48. The van der Waals surface area contributed by atoms with Crippen LogP contribution < -0.4 is 16.4 Å². The van der Waals surface area contributed by atoms with Gasteiger partial charge in [0.05, 0.1) is 11.4 Å². The molecule has 21 heavy (non-hydrogen) atoms. The quantitative estimate of drug-likeness (QED) is 0.729. The molecule has 0 spiro atoms. The zero-order valence-corrected chi connectivity index (χ0v) is 13.1. The van der Waals surface area contributed by atoms with Crippen LogP contribution in [-0.4, -0.2) is 19.0 Å². The molecule has 4 N–H and O–H groups in total. The van der Waals surface area contributed by atoms with Crippen LogP contribution in [0, 0.1) is 11.8 Å². The number of rotatable bonds is 5. The summed E-state index contributed by atoms with van der Waals surface area (Å²) in [5.41, 5.74) is 8.24. The summed E-state index contributed by atoms with van der Waals surface area (Å²) < 4.78 is 0. The van der Waals surface area contributed by atoms with E-state index in [-0.39, 0.29) is 5.91 Å². The Bertz CT molecular complexity index is 479. The molecule has 0 radical (unpaired) electrons. The van der Waals surface area contributed by atoms with Crippen molar-refractivity contribution in [3.63, 3.8) is 0 Å². The number of hydrogen-bond donors (Lipinski definition) is 3. The van der Waals surface area contributed by atoms with E-state index in [2.05, 4.69) is 17.6 Å². The van der Waals surface area contributed by atoms with Gasteiger partial charge in [0.25, 0.3) is 5.91 Å². The largest absolute Gasteiger partial charge is 0.397 e. The van der Waals surface area contributed by atoms with Crippen molar-refractivity contribution < 1.29 is 4.79 Å². The van der Waals surface area contributed by atoms with E-state index < -0.39 is 0 Å². The minimum atomic E-state index is -0.0722. The molecule has 0 aliphatic heterocycles. The van der Waals surface area contributed by atoms with Gasteiger partial charge >= 0.3 is 0 Å². The van der Waals surface area contributed by atoms with Crippen molar-refractivity contribution in [1.82, 2.24) is 5.32 Å². The highest BCUT2D eigenvalue weighted by Crippen LogP contribution is 2.29. The molecule has 1 aliphatic rings. The number of hydrogen-bond acceptors (Lipinski definition) is 3. The fourth-order valence-electron chi connectivity index (χ4n) is 2.92. The van der Waals surface area contributed by atoms with Crippen LogP contribution in [0.25, 0.3) is 0 Å². The summed E-state index contributed by atoms with van der Waals surface area (Å²) in [7, 11) is 0. The average Bonchev–Trinajstić information content (AvgIpc) is 2.48. The van der Waals surface area contributed by atoms with Crippen molar-refractivity contribution in [3.05, 3.63) is 23.8 Å². The molecular formula is C17H27N3O. The number of nitrogens with one attached hydrogen (secondary N) is 2. The van der Waals surface area contributed by atoms with Crippen LogP contribution in [0.1, 0.15) is 49.9 Å². The first-order valence-electron chi connectivity index (χ1n) is 8.01. The fraction of sp³-hybridized carbons (Fsp3) is 0.588. The molecule has 4 heteroatoms. The molecule has 4 nitrogen and oxygen atoms in total. The van der Waals surface area contributed by atoms with Gasteiger partial charge in [-0.15, -0.1) is 0 Å². The molecular weight excluding hydrogens is 262 g/mol. The van der Waals surface area contributed by atoms with E-state index in [4.69, 9.17) is 5.73 Å². The fourth-order valence-corrected chi connectivity index (χ4v) is 2.92. The molecule has 1 saturated carbocycles. The van der Waals surface area contributed by atoms with Crippen LogP contribution in [0.15, 0.2) is 18.2 Å². The van der Waals surface area contributed by atoms with Gasteiger partial charge in [-0.2, -0.15) is 0 Å². The van der Waals surface area contributed by atoms with E-state index in [1.807, 2.05) is 19.1 Å². The molecule has 0 bridgehead atoms. The zero-order chi connectivity index (χ0) is 15.2. The number of carbonyl (C=O) groups is 1. The van der Waals surface area contributed by atoms with Crippen molar-refractivity contribution in [2.24, 2.45) is 11.8 Å². The highest BCUT2D eigenvalue weighted by Gasteiger charge is 2.18. The van der Waals surface area contributed by atoms with E-state index >= 15 is 0 Å². The molecule has 0 saturated heterocycles. The van der Waals surface area contributed by atoms with E-state index in [1.165, 1.54) is 25.7 Å². The standard InChI is InChI=1S/C17H27N3O/c1-3-19-17(21)14-8-9-16(15(18)10-14)20-11-13-6-4-12(2)5-7-13/h8-10,12-13,20H,3-7,11,18H2,1-2H3,(H,19,21). The van der Waals surface area contributed by atoms with Gasteiger partial charge in [0.1, 0.15) is 0 Å². The number of benzene rings is 1. The Balaban J connectivity index is 1.90. The maximum Gasteiger partial charge on any atom is 0.251 e. The molecule has 0 heterocycles.